The van der Waals surface area contributed by atoms with Gasteiger partial charge in [-0.15, -0.1) is 0 Å². The van der Waals surface area contributed by atoms with E-state index in [4.69, 9.17) is 0 Å². The first kappa shape index (κ1) is 19.4. The third-order valence-corrected chi connectivity index (χ3v) is 5.71. The van der Waals surface area contributed by atoms with E-state index in [1.54, 1.807) is 12.1 Å². The summed E-state index contributed by atoms with van der Waals surface area (Å²) in [5, 5.41) is 8.88. The van der Waals surface area contributed by atoms with Crippen LogP contribution in [-0.2, 0) is 9.59 Å². The molecular formula is C21H25FN4O3. The topological polar surface area (TPSA) is 103 Å². The van der Waals surface area contributed by atoms with Crippen LogP contribution in [0.5, 0.6) is 0 Å². The van der Waals surface area contributed by atoms with Crippen molar-refractivity contribution in [3.8, 4) is 0 Å². The monoisotopic (exact) mass is 400 g/mol. The summed E-state index contributed by atoms with van der Waals surface area (Å²) in [4.78, 5) is 40.1. The summed E-state index contributed by atoms with van der Waals surface area (Å²) in [7, 11) is 0. The number of aromatic nitrogens is 1. The largest absolute Gasteiger partial charge is 0.356 e. The smallest absolute Gasteiger partial charge is 0.268 e. The maximum Gasteiger partial charge on any atom is 0.268 e. The van der Waals surface area contributed by atoms with Crippen LogP contribution in [-0.4, -0.2) is 41.3 Å². The molecule has 4 N–H and O–H groups in total. The first-order valence-electron chi connectivity index (χ1n) is 10.1. The fourth-order valence-electron chi connectivity index (χ4n) is 3.97. The Hall–Kier alpha value is -2.90. The van der Waals surface area contributed by atoms with Crippen molar-refractivity contribution in [1.82, 2.24) is 20.9 Å². The number of halogens is 1. The van der Waals surface area contributed by atoms with Crippen LogP contribution in [0.25, 0.3) is 10.9 Å². The van der Waals surface area contributed by atoms with Crippen molar-refractivity contribution < 1.29 is 18.8 Å². The Balaban J connectivity index is 1.40. The molecule has 0 radical (unpaired) electrons. The minimum absolute atomic E-state index is 0.0317. The lowest BCUT2D eigenvalue weighted by atomic mass is 9.99. The molecule has 3 amide bonds. The number of nitrogens with one attached hydrogen (secondary N) is 4. The van der Waals surface area contributed by atoms with E-state index < -0.39 is 17.8 Å². The zero-order valence-electron chi connectivity index (χ0n) is 16.3. The van der Waals surface area contributed by atoms with Crippen molar-refractivity contribution in [3.63, 3.8) is 0 Å². The first-order chi connectivity index (χ1) is 13.9. The third-order valence-electron chi connectivity index (χ3n) is 5.71. The SMILES string of the molecule is C[C@H](C[C@@H]1CCNC1=O)NC(=O)[C@@H](NC(=O)c1cc2c(F)cccc2[nH]1)C1CC1. The van der Waals surface area contributed by atoms with E-state index in [2.05, 4.69) is 20.9 Å². The number of amides is 3. The zero-order chi connectivity index (χ0) is 20.5. The number of benzene rings is 1. The second-order valence-corrected chi connectivity index (χ2v) is 8.09. The Morgan fingerprint density at radius 1 is 1.24 bits per heavy atom. The van der Waals surface area contributed by atoms with Gasteiger partial charge in [0.1, 0.15) is 17.6 Å². The van der Waals surface area contributed by atoms with Crippen LogP contribution < -0.4 is 16.0 Å². The molecule has 7 nitrogen and oxygen atoms in total. The number of carbonyl (C=O) groups is 3. The van der Waals surface area contributed by atoms with Crippen LogP contribution in [0.1, 0.15) is 43.1 Å². The first-order valence-corrected chi connectivity index (χ1v) is 10.1. The highest BCUT2D eigenvalue weighted by Gasteiger charge is 2.38. The Morgan fingerprint density at radius 2 is 2.03 bits per heavy atom. The van der Waals surface area contributed by atoms with Gasteiger partial charge in [0.25, 0.3) is 5.91 Å². The molecule has 2 fully saturated rings. The van der Waals surface area contributed by atoms with Crippen molar-refractivity contribution in [2.45, 2.75) is 44.7 Å². The quantitative estimate of drug-likeness (QED) is 0.570. The van der Waals surface area contributed by atoms with Crippen molar-refractivity contribution in [3.05, 3.63) is 35.8 Å². The normalized spacial score (nSPS) is 20.9. The standard InChI is InChI=1S/C21H25FN4O3/c1-11(9-13-7-8-23-19(13)27)24-21(29)18(12-5-6-12)26-20(28)17-10-14-15(22)3-2-4-16(14)25-17/h2-4,10-13,18,25H,5-9H2,1H3,(H,23,27)(H,24,29)(H,26,28)/t11-,13+,18+/m1/s1. The zero-order valence-corrected chi connectivity index (χ0v) is 16.3. The average molecular weight is 400 g/mol. The van der Waals surface area contributed by atoms with Gasteiger partial charge in [-0.1, -0.05) is 6.07 Å². The van der Waals surface area contributed by atoms with E-state index in [-0.39, 0.29) is 35.4 Å². The summed E-state index contributed by atoms with van der Waals surface area (Å²) in [5.41, 5.74) is 0.755. The van der Waals surface area contributed by atoms with Gasteiger partial charge in [0.2, 0.25) is 11.8 Å². The van der Waals surface area contributed by atoms with Crippen LogP contribution in [0.3, 0.4) is 0 Å². The van der Waals surface area contributed by atoms with Crippen LogP contribution in [0.15, 0.2) is 24.3 Å². The van der Waals surface area contributed by atoms with Crippen molar-refractivity contribution in [1.29, 1.82) is 0 Å². The molecule has 8 heteroatoms. The third kappa shape index (κ3) is 4.26. The van der Waals surface area contributed by atoms with Crippen LogP contribution in [0.4, 0.5) is 4.39 Å². The lowest BCUT2D eigenvalue weighted by molar-refractivity contribution is -0.125. The molecule has 29 heavy (non-hydrogen) atoms. The summed E-state index contributed by atoms with van der Waals surface area (Å²) < 4.78 is 13.9. The number of H-pyrrole nitrogens is 1. The average Bonchev–Trinajstić information content (AvgIpc) is 3.29. The number of hydrogen-bond donors (Lipinski definition) is 4. The van der Waals surface area contributed by atoms with Crippen molar-refractivity contribution >= 4 is 28.6 Å². The highest BCUT2D eigenvalue weighted by atomic mass is 19.1. The second kappa shape index (κ2) is 7.85. The molecule has 1 aliphatic carbocycles. The number of rotatable bonds is 7. The molecule has 3 atom stereocenters. The van der Waals surface area contributed by atoms with E-state index in [1.807, 2.05) is 6.92 Å². The number of carbonyl (C=O) groups excluding carboxylic acids is 3. The van der Waals surface area contributed by atoms with Crippen molar-refractivity contribution in [2.75, 3.05) is 6.54 Å². The maximum absolute atomic E-state index is 13.9. The predicted octanol–water partition coefficient (Wildman–Crippen LogP) is 1.85. The number of aromatic amines is 1. The van der Waals surface area contributed by atoms with Gasteiger partial charge < -0.3 is 20.9 Å². The Morgan fingerprint density at radius 3 is 2.69 bits per heavy atom. The van der Waals surface area contributed by atoms with E-state index >= 15 is 0 Å². The number of hydrogen-bond acceptors (Lipinski definition) is 3. The van der Waals surface area contributed by atoms with Gasteiger partial charge in [0.15, 0.2) is 0 Å². The van der Waals surface area contributed by atoms with Crippen molar-refractivity contribution in [2.24, 2.45) is 11.8 Å². The molecule has 1 saturated carbocycles. The van der Waals surface area contributed by atoms with Crippen LogP contribution >= 0.6 is 0 Å². The molecule has 0 spiro atoms. The van der Waals surface area contributed by atoms with E-state index in [0.717, 1.165) is 19.3 Å². The molecule has 0 unspecified atom stereocenters. The maximum atomic E-state index is 13.9. The lowest BCUT2D eigenvalue weighted by Crippen LogP contribution is -2.50. The Bertz CT molecular complexity index is 953. The molecule has 2 heterocycles. The fraction of sp³-hybridized carbons (Fsp3) is 0.476. The molecule has 0 bridgehead atoms. The Labute approximate surface area is 167 Å². The van der Waals surface area contributed by atoms with Gasteiger partial charge in [-0.25, -0.2) is 4.39 Å². The summed E-state index contributed by atoms with van der Waals surface area (Å²) in [6.07, 6.45) is 3.10. The fourth-order valence-corrected chi connectivity index (χ4v) is 3.97. The predicted molar refractivity (Wildman–Crippen MR) is 106 cm³/mol. The van der Waals surface area contributed by atoms with E-state index in [9.17, 15) is 18.8 Å². The lowest BCUT2D eigenvalue weighted by Gasteiger charge is -2.22. The summed E-state index contributed by atoms with van der Waals surface area (Å²) in [6.45, 7) is 2.55. The summed E-state index contributed by atoms with van der Waals surface area (Å²) >= 11 is 0. The molecule has 2 aromatic rings. The van der Waals surface area contributed by atoms with Gasteiger partial charge in [0, 0.05) is 29.4 Å². The van der Waals surface area contributed by atoms with E-state index in [1.165, 1.54) is 12.1 Å². The number of fused-ring (bicyclic) bond motifs is 1. The molecule has 154 valence electrons. The van der Waals surface area contributed by atoms with Crippen LogP contribution in [0, 0.1) is 17.7 Å². The second-order valence-electron chi connectivity index (χ2n) is 8.09. The Kier molecular flexibility index (Phi) is 5.25. The minimum Gasteiger partial charge on any atom is -0.356 e. The molecule has 1 aromatic heterocycles. The van der Waals surface area contributed by atoms with E-state index in [0.29, 0.717) is 23.9 Å². The van der Waals surface area contributed by atoms with Crippen LogP contribution in [0.2, 0.25) is 0 Å². The van der Waals surface area contributed by atoms with Gasteiger partial charge in [-0.2, -0.15) is 0 Å². The highest BCUT2D eigenvalue weighted by molar-refractivity contribution is 6.00. The summed E-state index contributed by atoms with van der Waals surface area (Å²) in [5.74, 6) is -1.03. The highest BCUT2D eigenvalue weighted by Crippen LogP contribution is 2.33. The van der Waals surface area contributed by atoms with Gasteiger partial charge >= 0.3 is 0 Å². The molecule has 1 aliphatic heterocycles. The molecule has 1 aromatic carbocycles. The van der Waals surface area contributed by atoms with Gasteiger partial charge in [-0.3, -0.25) is 14.4 Å². The minimum atomic E-state index is -0.640. The molecule has 4 rings (SSSR count). The summed E-state index contributed by atoms with van der Waals surface area (Å²) in [6, 6.07) is 5.26. The molecular weight excluding hydrogens is 375 g/mol. The van der Waals surface area contributed by atoms with Gasteiger partial charge in [0.05, 0.1) is 0 Å². The molecule has 2 aliphatic rings. The molecule has 1 saturated heterocycles. The van der Waals surface area contributed by atoms with Gasteiger partial charge in [-0.05, 0) is 56.7 Å².